The lowest BCUT2D eigenvalue weighted by Crippen LogP contribution is -2.25. The molecule has 5 nitrogen and oxygen atoms in total. The van der Waals surface area contributed by atoms with Crippen LogP contribution in [0.25, 0.3) is 16.2 Å². The fourth-order valence-electron chi connectivity index (χ4n) is 2.68. The highest BCUT2D eigenvalue weighted by molar-refractivity contribution is 9.11. The van der Waals surface area contributed by atoms with Crippen LogP contribution in [0, 0.1) is 0 Å². The highest BCUT2D eigenvalue weighted by atomic mass is 79.9. The molecular formula is C18H13Br2ClNO4PS. The lowest BCUT2D eigenvalue weighted by atomic mass is 10.1. The molecule has 0 bridgehead atoms. The van der Waals surface area contributed by atoms with Gasteiger partial charge in [-0.1, -0.05) is 43.5 Å². The summed E-state index contributed by atoms with van der Waals surface area (Å²) in [5.74, 6) is -0.793. The van der Waals surface area contributed by atoms with Crippen molar-refractivity contribution < 1.29 is 19.1 Å². The average Bonchev–Trinajstić information content (AvgIpc) is 2.95. The van der Waals surface area contributed by atoms with Crippen LogP contribution in [-0.2, 0) is 9.36 Å². The summed E-state index contributed by atoms with van der Waals surface area (Å²) >= 11 is 14.1. The SMILES string of the molecule is O=C(N/C=C/c1cc(Br)cc(Br)c1)C(c1csc2ccc(Cl)cc12)P(=O)(O)O. The zero-order valence-electron chi connectivity index (χ0n) is 14.0. The molecule has 0 fully saturated rings. The second-order valence-electron chi connectivity index (χ2n) is 5.87. The van der Waals surface area contributed by atoms with Gasteiger partial charge in [0.2, 0.25) is 5.91 Å². The van der Waals surface area contributed by atoms with Crippen molar-refractivity contribution in [1.29, 1.82) is 0 Å². The Hall–Kier alpha value is -0.990. The van der Waals surface area contributed by atoms with Gasteiger partial charge in [-0.15, -0.1) is 11.3 Å². The lowest BCUT2D eigenvalue weighted by molar-refractivity contribution is -0.120. The van der Waals surface area contributed by atoms with Crippen molar-refractivity contribution in [3.05, 3.63) is 73.1 Å². The van der Waals surface area contributed by atoms with E-state index in [1.165, 1.54) is 17.5 Å². The predicted molar refractivity (Wildman–Crippen MR) is 121 cm³/mol. The zero-order chi connectivity index (χ0) is 20.5. The van der Waals surface area contributed by atoms with Crippen LogP contribution in [0.1, 0.15) is 16.8 Å². The van der Waals surface area contributed by atoms with Gasteiger partial charge in [-0.2, -0.15) is 0 Å². The van der Waals surface area contributed by atoms with E-state index in [-0.39, 0.29) is 5.56 Å². The molecule has 0 saturated carbocycles. The molecule has 1 heterocycles. The Morgan fingerprint density at radius 2 is 1.86 bits per heavy atom. The van der Waals surface area contributed by atoms with Gasteiger partial charge in [-0.3, -0.25) is 9.36 Å². The number of carbonyl (C=O) groups excluding carboxylic acids is 1. The summed E-state index contributed by atoms with van der Waals surface area (Å²) in [6.45, 7) is 0. The number of carbonyl (C=O) groups is 1. The molecule has 0 aliphatic rings. The molecule has 0 aliphatic heterocycles. The molecule has 1 amide bonds. The van der Waals surface area contributed by atoms with Crippen LogP contribution in [0.3, 0.4) is 0 Å². The quantitative estimate of drug-likeness (QED) is 0.327. The van der Waals surface area contributed by atoms with Crippen molar-refractivity contribution in [3.63, 3.8) is 0 Å². The molecule has 3 N–H and O–H groups in total. The molecule has 0 saturated heterocycles. The third kappa shape index (κ3) is 5.13. The summed E-state index contributed by atoms with van der Waals surface area (Å²) in [6, 6.07) is 10.6. The fraction of sp³-hybridized carbons (Fsp3) is 0.0556. The molecule has 10 heteroatoms. The number of benzene rings is 2. The lowest BCUT2D eigenvalue weighted by Gasteiger charge is -2.16. The second kappa shape index (κ2) is 8.79. The monoisotopic (exact) mass is 563 g/mol. The Balaban J connectivity index is 1.89. The van der Waals surface area contributed by atoms with Crippen LogP contribution in [0.15, 0.2) is 56.9 Å². The summed E-state index contributed by atoms with van der Waals surface area (Å²) < 4.78 is 14.6. The van der Waals surface area contributed by atoms with E-state index in [1.807, 2.05) is 18.2 Å². The van der Waals surface area contributed by atoms with Gasteiger partial charge in [0.15, 0.2) is 5.66 Å². The van der Waals surface area contributed by atoms with Gasteiger partial charge in [-0.05, 0) is 64.4 Å². The first-order chi connectivity index (χ1) is 13.1. The Morgan fingerprint density at radius 3 is 2.50 bits per heavy atom. The van der Waals surface area contributed by atoms with Crippen LogP contribution < -0.4 is 5.32 Å². The van der Waals surface area contributed by atoms with Gasteiger partial charge in [-0.25, -0.2) is 0 Å². The minimum absolute atomic E-state index is 0.256. The molecule has 0 spiro atoms. The van der Waals surface area contributed by atoms with Gasteiger partial charge in [0.25, 0.3) is 0 Å². The van der Waals surface area contributed by atoms with E-state index in [2.05, 4.69) is 37.2 Å². The van der Waals surface area contributed by atoms with Crippen molar-refractivity contribution in [2.24, 2.45) is 0 Å². The van der Waals surface area contributed by atoms with E-state index in [4.69, 9.17) is 11.6 Å². The first-order valence-electron chi connectivity index (χ1n) is 7.80. The summed E-state index contributed by atoms with van der Waals surface area (Å²) in [5, 5.41) is 5.04. The van der Waals surface area contributed by atoms with E-state index in [0.29, 0.717) is 10.4 Å². The van der Waals surface area contributed by atoms with Crippen LogP contribution in [0.2, 0.25) is 5.02 Å². The van der Waals surface area contributed by atoms with Crippen molar-refractivity contribution in [2.45, 2.75) is 5.66 Å². The molecule has 3 rings (SSSR count). The Morgan fingerprint density at radius 1 is 1.18 bits per heavy atom. The van der Waals surface area contributed by atoms with Gasteiger partial charge in [0.05, 0.1) is 0 Å². The smallest absolute Gasteiger partial charge is 0.332 e. The van der Waals surface area contributed by atoms with E-state index >= 15 is 0 Å². The summed E-state index contributed by atoms with van der Waals surface area (Å²) in [4.78, 5) is 32.3. The number of hydrogen-bond donors (Lipinski definition) is 3. The molecule has 0 radical (unpaired) electrons. The van der Waals surface area contributed by atoms with Crippen molar-refractivity contribution >= 4 is 84.5 Å². The van der Waals surface area contributed by atoms with E-state index in [1.54, 1.807) is 29.7 Å². The van der Waals surface area contributed by atoms with Crippen LogP contribution in [-0.4, -0.2) is 15.7 Å². The minimum Gasteiger partial charge on any atom is -0.332 e. The number of thiophene rings is 1. The van der Waals surface area contributed by atoms with Crippen LogP contribution in [0.4, 0.5) is 0 Å². The third-order valence-corrected chi connectivity index (χ3v) is 7.15. The molecule has 28 heavy (non-hydrogen) atoms. The summed E-state index contributed by atoms with van der Waals surface area (Å²) in [5.41, 5.74) is -0.576. The molecule has 1 atom stereocenters. The Kier molecular flexibility index (Phi) is 6.82. The maximum absolute atomic E-state index is 12.6. The number of rotatable bonds is 5. The molecule has 2 aromatic carbocycles. The number of hydrogen-bond acceptors (Lipinski definition) is 3. The van der Waals surface area contributed by atoms with Crippen molar-refractivity contribution in [2.75, 3.05) is 0 Å². The number of amides is 1. The highest BCUT2D eigenvalue weighted by Gasteiger charge is 2.38. The fourth-order valence-corrected chi connectivity index (χ4v) is 6.20. The number of halogens is 3. The molecule has 3 aromatic rings. The standard InChI is InChI=1S/C18H13Br2ClNO4PS/c19-11-5-10(6-12(20)7-11)3-4-22-18(23)17(27(24,25)26)15-9-28-16-2-1-13(21)8-14(15)16/h1-9,17H,(H,22,23)(H2,24,25,26)/b4-3+. The average molecular weight is 566 g/mol. The predicted octanol–water partition coefficient (Wildman–Crippen LogP) is 6.09. The molecular weight excluding hydrogens is 553 g/mol. The highest BCUT2D eigenvalue weighted by Crippen LogP contribution is 2.54. The maximum atomic E-state index is 12.6. The molecule has 1 aromatic heterocycles. The first-order valence-corrected chi connectivity index (χ1v) is 12.3. The topological polar surface area (TPSA) is 86.6 Å². The maximum Gasteiger partial charge on any atom is 0.342 e. The molecule has 0 aliphatic carbocycles. The van der Waals surface area contributed by atoms with E-state index in [9.17, 15) is 19.1 Å². The van der Waals surface area contributed by atoms with Crippen LogP contribution >= 0.6 is 62.4 Å². The normalized spacial score (nSPS) is 13.2. The molecule has 146 valence electrons. The van der Waals surface area contributed by atoms with E-state index in [0.717, 1.165) is 19.2 Å². The van der Waals surface area contributed by atoms with E-state index < -0.39 is 19.2 Å². The van der Waals surface area contributed by atoms with Crippen molar-refractivity contribution in [3.8, 4) is 0 Å². The van der Waals surface area contributed by atoms with Crippen molar-refractivity contribution in [1.82, 2.24) is 5.32 Å². The zero-order valence-corrected chi connectivity index (χ0v) is 19.6. The van der Waals surface area contributed by atoms with Gasteiger partial charge in [0.1, 0.15) is 0 Å². The van der Waals surface area contributed by atoms with Crippen LogP contribution in [0.5, 0.6) is 0 Å². The van der Waals surface area contributed by atoms with Gasteiger partial charge >= 0.3 is 7.60 Å². The first kappa shape index (κ1) is 21.7. The van der Waals surface area contributed by atoms with Gasteiger partial charge in [0, 0.05) is 24.9 Å². The Labute approximate surface area is 186 Å². The largest absolute Gasteiger partial charge is 0.342 e. The summed E-state index contributed by atoms with van der Waals surface area (Å²) in [7, 11) is -4.77. The third-order valence-electron chi connectivity index (χ3n) is 3.83. The molecule has 1 unspecified atom stereocenters. The number of nitrogens with one attached hydrogen (secondary N) is 1. The number of fused-ring (bicyclic) bond motifs is 1. The Bertz CT molecular complexity index is 1110. The minimum atomic E-state index is -4.77. The van der Waals surface area contributed by atoms with Gasteiger partial charge < -0.3 is 15.1 Å². The summed E-state index contributed by atoms with van der Waals surface area (Å²) in [6.07, 6.45) is 2.99. The second-order valence-corrected chi connectivity index (χ2v) is 10.7.